The fourth-order valence-electron chi connectivity index (χ4n) is 1.70. The van der Waals surface area contributed by atoms with Gasteiger partial charge in [0.05, 0.1) is 0 Å². The first-order valence-electron chi connectivity index (χ1n) is 4.95. The molecule has 3 heteroatoms. The summed E-state index contributed by atoms with van der Waals surface area (Å²) in [6.07, 6.45) is 1.58. The van der Waals surface area contributed by atoms with Crippen LogP contribution in [-0.4, -0.2) is 23.9 Å². The number of hydrogen-bond donors (Lipinski definition) is 0. The molecule has 0 aromatic rings. The quantitative estimate of drug-likeness (QED) is 0.467. The minimum absolute atomic E-state index is 0.119. The van der Waals surface area contributed by atoms with Crippen LogP contribution in [0.1, 0.15) is 20.8 Å². The van der Waals surface area contributed by atoms with Crippen molar-refractivity contribution in [2.24, 2.45) is 11.8 Å². The summed E-state index contributed by atoms with van der Waals surface area (Å²) in [4.78, 5) is 13.5. The number of allylic oxidation sites excluding steroid dienone is 1. The maximum absolute atomic E-state index is 11.7. The molecule has 1 aliphatic heterocycles. The Bertz CT molecular complexity index is 291. The highest BCUT2D eigenvalue weighted by atomic mass is 16.2. The third-order valence-corrected chi connectivity index (χ3v) is 2.91. The van der Waals surface area contributed by atoms with Crippen LogP contribution in [0.5, 0.6) is 0 Å². The van der Waals surface area contributed by atoms with Crippen molar-refractivity contribution in [1.82, 2.24) is 4.90 Å². The van der Waals surface area contributed by atoms with Crippen LogP contribution >= 0.6 is 0 Å². The summed E-state index contributed by atoms with van der Waals surface area (Å²) in [5.41, 5.74) is 0.256. The van der Waals surface area contributed by atoms with Crippen LogP contribution in [0, 0.1) is 23.2 Å². The molecule has 1 aliphatic rings. The predicted molar refractivity (Wildman–Crippen MR) is 54.3 cm³/mol. The summed E-state index contributed by atoms with van der Waals surface area (Å²) >= 11 is 0. The molecule has 0 aliphatic carbocycles. The molecule has 1 heterocycles. The second-order valence-electron chi connectivity index (χ2n) is 3.98. The van der Waals surface area contributed by atoms with Gasteiger partial charge >= 0.3 is 0 Å². The van der Waals surface area contributed by atoms with Gasteiger partial charge in [0.25, 0.3) is 5.91 Å². The predicted octanol–water partition coefficient (Wildman–Crippen LogP) is 1.57. The fourth-order valence-corrected chi connectivity index (χ4v) is 1.70. The minimum atomic E-state index is -0.119. The second kappa shape index (κ2) is 4.28. The third-order valence-electron chi connectivity index (χ3n) is 2.91. The molecule has 2 atom stereocenters. The number of carbonyl (C=O) groups is 1. The lowest BCUT2D eigenvalue weighted by molar-refractivity contribution is -0.125. The first-order valence-corrected chi connectivity index (χ1v) is 4.95. The van der Waals surface area contributed by atoms with Crippen LogP contribution in [0.2, 0.25) is 0 Å². The van der Waals surface area contributed by atoms with Crippen molar-refractivity contribution in [1.29, 1.82) is 5.26 Å². The van der Waals surface area contributed by atoms with Gasteiger partial charge in [0.2, 0.25) is 0 Å². The first kappa shape index (κ1) is 10.8. The van der Waals surface area contributed by atoms with Gasteiger partial charge in [-0.25, -0.2) is 0 Å². The number of carbonyl (C=O) groups excluding carboxylic acids is 1. The number of nitriles is 1. The van der Waals surface area contributed by atoms with Crippen LogP contribution in [-0.2, 0) is 4.79 Å². The normalized spacial score (nSPS) is 27.6. The molecule has 76 valence electrons. The highest BCUT2D eigenvalue weighted by Gasteiger charge is 2.30. The number of amides is 1. The van der Waals surface area contributed by atoms with E-state index in [1.54, 1.807) is 17.9 Å². The molecule has 14 heavy (non-hydrogen) atoms. The molecule has 1 amide bonds. The molecule has 3 nitrogen and oxygen atoms in total. The van der Waals surface area contributed by atoms with Gasteiger partial charge in [0.15, 0.2) is 0 Å². The molecular formula is C11H16N2O. The molecule has 0 saturated carbocycles. The number of hydrogen-bond acceptors (Lipinski definition) is 2. The average molecular weight is 192 g/mol. The zero-order chi connectivity index (χ0) is 10.7. The van der Waals surface area contributed by atoms with Gasteiger partial charge in [-0.05, 0) is 18.8 Å². The van der Waals surface area contributed by atoms with E-state index in [0.717, 1.165) is 13.1 Å². The molecule has 1 fully saturated rings. The summed E-state index contributed by atoms with van der Waals surface area (Å²) < 4.78 is 0. The lowest BCUT2D eigenvalue weighted by Crippen LogP contribution is -2.29. The molecule has 1 rings (SSSR count). The average Bonchev–Trinajstić information content (AvgIpc) is 2.49. The topological polar surface area (TPSA) is 44.1 Å². The molecule has 0 N–H and O–H groups in total. The molecule has 0 aromatic heterocycles. The van der Waals surface area contributed by atoms with Crippen LogP contribution in [0.25, 0.3) is 0 Å². The van der Waals surface area contributed by atoms with Crippen molar-refractivity contribution in [3.05, 3.63) is 11.6 Å². The first-order chi connectivity index (χ1) is 6.60. The monoisotopic (exact) mass is 192 g/mol. The molecular weight excluding hydrogens is 176 g/mol. The van der Waals surface area contributed by atoms with E-state index in [4.69, 9.17) is 5.26 Å². The van der Waals surface area contributed by atoms with Gasteiger partial charge in [0, 0.05) is 13.1 Å². The van der Waals surface area contributed by atoms with Crippen LogP contribution < -0.4 is 0 Å². The minimum Gasteiger partial charge on any atom is -0.337 e. The van der Waals surface area contributed by atoms with Crippen molar-refractivity contribution >= 4 is 5.91 Å². The van der Waals surface area contributed by atoms with E-state index in [1.165, 1.54) is 0 Å². The van der Waals surface area contributed by atoms with Crippen molar-refractivity contribution in [3.63, 3.8) is 0 Å². The Kier molecular flexibility index (Phi) is 3.29. The Hall–Kier alpha value is -1.30. The maximum Gasteiger partial charge on any atom is 0.264 e. The van der Waals surface area contributed by atoms with Gasteiger partial charge < -0.3 is 4.90 Å². The fraction of sp³-hybridized carbons (Fsp3) is 0.636. The van der Waals surface area contributed by atoms with Crippen molar-refractivity contribution < 1.29 is 4.79 Å². The van der Waals surface area contributed by atoms with Gasteiger partial charge in [-0.15, -0.1) is 0 Å². The van der Waals surface area contributed by atoms with Crippen LogP contribution in [0.3, 0.4) is 0 Å². The summed E-state index contributed by atoms with van der Waals surface area (Å²) in [5, 5.41) is 8.72. The molecule has 0 aromatic carbocycles. The van der Waals surface area contributed by atoms with Gasteiger partial charge in [0.1, 0.15) is 11.6 Å². The van der Waals surface area contributed by atoms with Gasteiger partial charge in [-0.1, -0.05) is 19.9 Å². The van der Waals surface area contributed by atoms with E-state index < -0.39 is 0 Å². The van der Waals surface area contributed by atoms with E-state index >= 15 is 0 Å². The Morgan fingerprint density at radius 2 is 1.93 bits per heavy atom. The standard InChI is InChI=1S/C11H16N2O/c1-4-10(5-12)11(14)13-6-8(2)9(3)7-13/h4,8-9H,6-7H2,1-3H3/b10-4+. The Balaban J connectivity index is 2.70. The van der Waals surface area contributed by atoms with E-state index in [2.05, 4.69) is 13.8 Å². The zero-order valence-electron chi connectivity index (χ0n) is 8.95. The number of rotatable bonds is 1. The van der Waals surface area contributed by atoms with E-state index in [-0.39, 0.29) is 11.5 Å². The van der Waals surface area contributed by atoms with Gasteiger partial charge in [-0.3, -0.25) is 4.79 Å². The molecule has 0 bridgehead atoms. The third kappa shape index (κ3) is 1.95. The highest BCUT2D eigenvalue weighted by molar-refractivity contribution is 5.97. The largest absolute Gasteiger partial charge is 0.337 e. The van der Waals surface area contributed by atoms with Crippen molar-refractivity contribution in [2.75, 3.05) is 13.1 Å². The summed E-state index contributed by atoms with van der Waals surface area (Å²) in [6.45, 7) is 7.55. The molecule has 0 spiro atoms. The van der Waals surface area contributed by atoms with Crippen molar-refractivity contribution in [3.8, 4) is 6.07 Å². The van der Waals surface area contributed by atoms with E-state index in [1.807, 2.05) is 6.07 Å². The summed E-state index contributed by atoms with van der Waals surface area (Å²) in [7, 11) is 0. The SMILES string of the molecule is C/C=C(\C#N)C(=O)N1CC(C)C(C)C1. The smallest absolute Gasteiger partial charge is 0.264 e. The van der Waals surface area contributed by atoms with Crippen LogP contribution in [0.15, 0.2) is 11.6 Å². The Morgan fingerprint density at radius 3 is 2.29 bits per heavy atom. The molecule has 0 radical (unpaired) electrons. The Morgan fingerprint density at radius 1 is 1.43 bits per heavy atom. The zero-order valence-corrected chi connectivity index (χ0v) is 8.95. The highest BCUT2D eigenvalue weighted by Crippen LogP contribution is 2.23. The Labute approximate surface area is 85.0 Å². The number of likely N-dealkylation sites (tertiary alicyclic amines) is 1. The second-order valence-corrected chi connectivity index (χ2v) is 3.98. The lowest BCUT2D eigenvalue weighted by Gasteiger charge is -2.14. The van der Waals surface area contributed by atoms with E-state index in [0.29, 0.717) is 11.8 Å². The summed E-state index contributed by atoms with van der Waals surface area (Å²) in [5.74, 6) is 0.956. The van der Waals surface area contributed by atoms with Crippen molar-refractivity contribution in [2.45, 2.75) is 20.8 Å². The molecule has 2 unspecified atom stereocenters. The number of nitrogens with zero attached hydrogens (tertiary/aromatic N) is 2. The molecule has 1 saturated heterocycles. The van der Waals surface area contributed by atoms with Crippen LogP contribution in [0.4, 0.5) is 0 Å². The lowest BCUT2D eigenvalue weighted by atomic mass is 10.0. The van der Waals surface area contributed by atoms with Gasteiger partial charge in [-0.2, -0.15) is 5.26 Å². The van der Waals surface area contributed by atoms with E-state index in [9.17, 15) is 4.79 Å². The maximum atomic E-state index is 11.7. The summed E-state index contributed by atoms with van der Waals surface area (Å²) in [6, 6.07) is 1.93.